The molecule has 2 aromatic carbocycles. The molecule has 184 valence electrons. The number of rotatable bonds is 10. The van der Waals surface area contributed by atoms with Gasteiger partial charge in [-0.2, -0.15) is 0 Å². The second-order valence-corrected chi connectivity index (χ2v) is 9.30. The summed E-state index contributed by atoms with van der Waals surface area (Å²) < 4.78 is 13.0. The number of halogens is 3. The standard InChI is InChI=1S/C24H23Cl2FN4O3S/c1-2-9-31(23(34)16-5-8-19(25)20(26)10-16)13-22(33)30-24-29-18(14-35-24)11-21(32)28-12-15-3-6-17(27)7-4-15/h3-8,10,14H,2,9,11-13H2,1H3,(H,28,32)(H,29,30,33). The second kappa shape index (κ2) is 12.6. The minimum atomic E-state index is -0.409. The van der Waals surface area contributed by atoms with Crippen molar-refractivity contribution in [3.05, 3.63) is 80.5 Å². The summed E-state index contributed by atoms with van der Waals surface area (Å²) in [5, 5.41) is 8.03. The van der Waals surface area contributed by atoms with Gasteiger partial charge < -0.3 is 15.5 Å². The SMILES string of the molecule is CCCN(CC(=O)Nc1nc(CC(=O)NCc2ccc(F)cc2)cs1)C(=O)c1ccc(Cl)c(Cl)c1. The lowest BCUT2D eigenvalue weighted by Gasteiger charge is -2.21. The van der Waals surface area contributed by atoms with E-state index >= 15 is 0 Å². The van der Waals surface area contributed by atoms with Crippen LogP contribution in [-0.2, 0) is 22.6 Å². The third-order valence-corrected chi connectivity index (χ3v) is 6.37. The molecule has 0 radical (unpaired) electrons. The zero-order valence-corrected chi connectivity index (χ0v) is 21.1. The van der Waals surface area contributed by atoms with E-state index in [0.29, 0.717) is 34.4 Å². The van der Waals surface area contributed by atoms with E-state index in [1.807, 2.05) is 6.92 Å². The molecule has 0 spiro atoms. The van der Waals surface area contributed by atoms with Gasteiger partial charge >= 0.3 is 0 Å². The maximum atomic E-state index is 13.0. The van der Waals surface area contributed by atoms with Crippen molar-refractivity contribution >= 4 is 57.4 Å². The molecule has 0 atom stereocenters. The molecule has 0 bridgehead atoms. The Labute approximate surface area is 216 Å². The molecule has 1 heterocycles. The van der Waals surface area contributed by atoms with E-state index in [1.54, 1.807) is 23.6 Å². The van der Waals surface area contributed by atoms with Gasteiger partial charge in [-0.1, -0.05) is 42.3 Å². The summed E-state index contributed by atoms with van der Waals surface area (Å²) >= 11 is 13.1. The lowest BCUT2D eigenvalue weighted by molar-refractivity contribution is -0.120. The van der Waals surface area contributed by atoms with Crippen molar-refractivity contribution in [3.8, 4) is 0 Å². The van der Waals surface area contributed by atoms with Crippen LogP contribution in [0.25, 0.3) is 0 Å². The number of anilines is 1. The molecule has 11 heteroatoms. The number of thiazole rings is 1. The van der Waals surface area contributed by atoms with Crippen molar-refractivity contribution in [2.24, 2.45) is 0 Å². The normalized spacial score (nSPS) is 10.6. The predicted molar refractivity (Wildman–Crippen MR) is 135 cm³/mol. The highest BCUT2D eigenvalue weighted by Crippen LogP contribution is 2.23. The van der Waals surface area contributed by atoms with Crippen LogP contribution in [-0.4, -0.2) is 40.7 Å². The van der Waals surface area contributed by atoms with Crippen molar-refractivity contribution in [2.75, 3.05) is 18.4 Å². The zero-order chi connectivity index (χ0) is 25.4. The Bertz CT molecular complexity index is 1200. The summed E-state index contributed by atoms with van der Waals surface area (Å²) in [7, 11) is 0. The molecule has 1 aromatic heterocycles. The summed E-state index contributed by atoms with van der Waals surface area (Å²) in [6, 6.07) is 10.4. The van der Waals surface area contributed by atoms with Gasteiger partial charge in [-0.15, -0.1) is 11.3 Å². The first kappa shape index (κ1) is 26.6. The Morgan fingerprint density at radius 2 is 1.80 bits per heavy atom. The predicted octanol–water partition coefficient (Wildman–Crippen LogP) is 4.94. The summed E-state index contributed by atoms with van der Waals surface area (Å²) in [5.74, 6) is -1.33. The molecule has 2 N–H and O–H groups in total. The van der Waals surface area contributed by atoms with E-state index in [2.05, 4.69) is 15.6 Å². The fourth-order valence-corrected chi connectivity index (χ4v) is 4.17. The number of hydrogen-bond donors (Lipinski definition) is 2. The molecule has 35 heavy (non-hydrogen) atoms. The van der Waals surface area contributed by atoms with Crippen molar-refractivity contribution in [1.29, 1.82) is 0 Å². The number of aromatic nitrogens is 1. The van der Waals surface area contributed by atoms with Gasteiger partial charge in [0.15, 0.2) is 5.13 Å². The van der Waals surface area contributed by atoms with E-state index < -0.39 is 5.91 Å². The van der Waals surface area contributed by atoms with Crippen LogP contribution in [0.4, 0.5) is 9.52 Å². The van der Waals surface area contributed by atoms with Gasteiger partial charge in [0.1, 0.15) is 12.4 Å². The maximum Gasteiger partial charge on any atom is 0.254 e. The van der Waals surface area contributed by atoms with Crippen molar-refractivity contribution < 1.29 is 18.8 Å². The fraction of sp³-hybridized carbons (Fsp3) is 0.250. The van der Waals surface area contributed by atoms with Crippen LogP contribution in [0.1, 0.15) is 35.0 Å². The molecule has 0 aliphatic carbocycles. The van der Waals surface area contributed by atoms with Crippen molar-refractivity contribution in [1.82, 2.24) is 15.2 Å². The summed E-state index contributed by atoms with van der Waals surface area (Å²) in [5.41, 5.74) is 1.61. The Kier molecular flexibility index (Phi) is 9.59. The highest BCUT2D eigenvalue weighted by Gasteiger charge is 2.20. The molecule has 0 fully saturated rings. The Morgan fingerprint density at radius 1 is 1.06 bits per heavy atom. The Morgan fingerprint density at radius 3 is 2.49 bits per heavy atom. The molecule has 0 saturated carbocycles. The largest absolute Gasteiger partial charge is 0.352 e. The monoisotopic (exact) mass is 536 g/mol. The molecule has 3 aromatic rings. The van der Waals surface area contributed by atoms with E-state index in [0.717, 1.165) is 5.56 Å². The Hall–Kier alpha value is -3.01. The smallest absolute Gasteiger partial charge is 0.254 e. The zero-order valence-electron chi connectivity index (χ0n) is 18.8. The molecule has 0 aliphatic heterocycles. The molecule has 3 amide bonds. The third kappa shape index (κ3) is 8.02. The number of carbonyl (C=O) groups is 3. The van der Waals surface area contributed by atoms with Gasteiger partial charge in [0.25, 0.3) is 5.91 Å². The van der Waals surface area contributed by atoms with E-state index in [9.17, 15) is 18.8 Å². The minimum Gasteiger partial charge on any atom is -0.352 e. The Balaban J connectivity index is 1.52. The molecule has 3 rings (SSSR count). The molecular weight excluding hydrogens is 514 g/mol. The first-order valence-electron chi connectivity index (χ1n) is 10.7. The minimum absolute atomic E-state index is 0.0331. The quantitative estimate of drug-likeness (QED) is 0.384. The van der Waals surface area contributed by atoms with Crippen molar-refractivity contribution in [2.45, 2.75) is 26.3 Å². The summed E-state index contributed by atoms with van der Waals surface area (Å²) in [4.78, 5) is 43.3. The van der Waals surface area contributed by atoms with Crippen molar-refractivity contribution in [3.63, 3.8) is 0 Å². The van der Waals surface area contributed by atoms with Gasteiger partial charge in [-0.3, -0.25) is 14.4 Å². The summed E-state index contributed by atoms with van der Waals surface area (Å²) in [6.07, 6.45) is 0.695. The van der Waals surface area contributed by atoms with Crippen LogP contribution < -0.4 is 10.6 Å². The molecule has 7 nitrogen and oxygen atoms in total. The van der Waals surface area contributed by atoms with Crippen LogP contribution in [0.3, 0.4) is 0 Å². The topological polar surface area (TPSA) is 91.4 Å². The maximum absolute atomic E-state index is 13.0. The molecule has 0 saturated heterocycles. The van der Waals surface area contributed by atoms with Crippen LogP contribution in [0.15, 0.2) is 47.8 Å². The lowest BCUT2D eigenvalue weighted by atomic mass is 10.2. The first-order chi connectivity index (χ1) is 16.7. The van der Waals surface area contributed by atoms with Gasteiger partial charge in [-0.05, 0) is 42.3 Å². The first-order valence-corrected chi connectivity index (χ1v) is 12.4. The number of hydrogen-bond acceptors (Lipinski definition) is 5. The van der Waals surface area contributed by atoms with Gasteiger partial charge in [0.05, 0.1) is 22.2 Å². The van der Waals surface area contributed by atoms with Gasteiger partial charge in [0, 0.05) is 24.0 Å². The van der Waals surface area contributed by atoms with E-state index in [4.69, 9.17) is 23.2 Å². The molecule has 0 aliphatic rings. The number of benzene rings is 2. The third-order valence-electron chi connectivity index (χ3n) is 4.82. The van der Waals surface area contributed by atoms with Crippen LogP contribution in [0, 0.1) is 5.82 Å². The lowest BCUT2D eigenvalue weighted by Crippen LogP contribution is -2.38. The van der Waals surface area contributed by atoms with Crippen LogP contribution in [0.2, 0.25) is 10.0 Å². The average Bonchev–Trinajstić information content (AvgIpc) is 3.26. The van der Waals surface area contributed by atoms with Gasteiger partial charge in [-0.25, -0.2) is 9.37 Å². The highest BCUT2D eigenvalue weighted by atomic mass is 35.5. The van der Waals surface area contributed by atoms with E-state index in [1.165, 1.54) is 40.5 Å². The number of nitrogens with one attached hydrogen (secondary N) is 2. The number of carbonyl (C=O) groups excluding carboxylic acids is 3. The van der Waals surface area contributed by atoms with Crippen LogP contribution in [0.5, 0.6) is 0 Å². The van der Waals surface area contributed by atoms with Gasteiger partial charge in [0.2, 0.25) is 11.8 Å². The van der Waals surface area contributed by atoms with E-state index in [-0.39, 0.29) is 42.2 Å². The molecular formula is C24H23Cl2FN4O3S. The fourth-order valence-electron chi connectivity index (χ4n) is 3.14. The molecule has 0 unspecified atom stereocenters. The highest BCUT2D eigenvalue weighted by molar-refractivity contribution is 7.13. The van der Waals surface area contributed by atoms with Crippen LogP contribution >= 0.6 is 34.5 Å². The summed E-state index contributed by atoms with van der Waals surface area (Å²) in [6.45, 7) is 2.39. The number of nitrogens with zero attached hydrogens (tertiary/aromatic N) is 2. The number of amides is 3. The average molecular weight is 537 g/mol. The second-order valence-electron chi connectivity index (χ2n) is 7.63.